The standard InChI is InChI=1S/C19H19F11O/c1-4-10(2)11-7-5-6-8-12(11)13(3,31)9-14(20)15(21,22)17(25,26)19(29,30)18(27,28)16(14,23)24/h5-8,10,31H,4,9H2,1-3H3. The summed E-state index contributed by atoms with van der Waals surface area (Å²) in [5.41, 5.74) is -9.73. The molecular weight excluding hydrogens is 453 g/mol. The van der Waals surface area contributed by atoms with E-state index in [1.54, 1.807) is 13.8 Å². The van der Waals surface area contributed by atoms with Gasteiger partial charge in [0.05, 0.1) is 5.60 Å². The van der Waals surface area contributed by atoms with Crippen LogP contribution in [0.1, 0.15) is 50.7 Å². The van der Waals surface area contributed by atoms with Crippen molar-refractivity contribution in [2.75, 3.05) is 0 Å². The Labute approximate surface area is 170 Å². The second kappa shape index (κ2) is 6.95. The third kappa shape index (κ3) is 2.99. The van der Waals surface area contributed by atoms with E-state index in [1.165, 1.54) is 18.2 Å². The molecule has 178 valence electrons. The summed E-state index contributed by atoms with van der Waals surface area (Å²) in [5.74, 6) is -36.1. The van der Waals surface area contributed by atoms with Gasteiger partial charge in [-0.05, 0) is 30.4 Å². The zero-order valence-electron chi connectivity index (χ0n) is 16.4. The zero-order chi connectivity index (χ0) is 24.5. The summed E-state index contributed by atoms with van der Waals surface area (Å²) in [4.78, 5) is 0. The molecular formula is C19H19F11O. The molecule has 0 saturated heterocycles. The van der Waals surface area contributed by atoms with Crippen LogP contribution < -0.4 is 0 Å². The molecule has 1 saturated carbocycles. The molecule has 31 heavy (non-hydrogen) atoms. The predicted molar refractivity (Wildman–Crippen MR) is 87.9 cm³/mol. The van der Waals surface area contributed by atoms with E-state index >= 15 is 4.39 Å². The van der Waals surface area contributed by atoms with Crippen molar-refractivity contribution < 1.29 is 53.4 Å². The van der Waals surface area contributed by atoms with Gasteiger partial charge in [0.2, 0.25) is 0 Å². The molecule has 1 nitrogen and oxygen atoms in total. The van der Waals surface area contributed by atoms with E-state index in [-0.39, 0.29) is 5.56 Å². The highest BCUT2D eigenvalue weighted by molar-refractivity contribution is 5.36. The van der Waals surface area contributed by atoms with Gasteiger partial charge in [0.1, 0.15) is 0 Å². The molecule has 0 radical (unpaired) electrons. The zero-order valence-corrected chi connectivity index (χ0v) is 16.4. The van der Waals surface area contributed by atoms with Crippen LogP contribution in [0.15, 0.2) is 24.3 Å². The van der Waals surface area contributed by atoms with Crippen molar-refractivity contribution in [2.24, 2.45) is 0 Å². The summed E-state index contributed by atoms with van der Waals surface area (Å²) in [5, 5.41) is 10.6. The number of halogens is 11. The minimum Gasteiger partial charge on any atom is -0.385 e. The van der Waals surface area contributed by atoms with E-state index in [0.717, 1.165) is 6.07 Å². The van der Waals surface area contributed by atoms with Crippen molar-refractivity contribution in [1.29, 1.82) is 0 Å². The van der Waals surface area contributed by atoms with Gasteiger partial charge in [-0.3, -0.25) is 0 Å². The minimum atomic E-state index is -7.27. The van der Waals surface area contributed by atoms with Gasteiger partial charge < -0.3 is 5.11 Å². The lowest BCUT2D eigenvalue weighted by atomic mass is 9.66. The summed E-state index contributed by atoms with van der Waals surface area (Å²) in [7, 11) is 0. The van der Waals surface area contributed by atoms with Crippen LogP contribution in [-0.4, -0.2) is 40.4 Å². The first-order valence-electron chi connectivity index (χ1n) is 9.07. The SMILES string of the molecule is CCC(C)c1ccccc1C(C)(O)CC1(F)C(F)(F)C(F)(F)C(F)(F)C(F)(F)C1(F)F. The van der Waals surface area contributed by atoms with Crippen LogP contribution in [0.25, 0.3) is 0 Å². The highest BCUT2D eigenvalue weighted by Crippen LogP contribution is 2.71. The van der Waals surface area contributed by atoms with Crippen LogP contribution in [0.4, 0.5) is 48.3 Å². The number of hydrogen-bond donors (Lipinski definition) is 1. The van der Waals surface area contributed by atoms with Gasteiger partial charge in [-0.2, -0.15) is 43.9 Å². The fraction of sp³-hybridized carbons (Fsp3) is 0.684. The molecule has 0 aromatic heterocycles. The van der Waals surface area contributed by atoms with Crippen molar-refractivity contribution in [3.8, 4) is 0 Å². The van der Waals surface area contributed by atoms with E-state index < -0.39 is 58.8 Å². The fourth-order valence-electron chi connectivity index (χ4n) is 3.72. The summed E-state index contributed by atoms with van der Waals surface area (Å²) in [6.07, 6.45) is -2.36. The maximum Gasteiger partial charge on any atom is 0.384 e. The highest BCUT2D eigenvalue weighted by Gasteiger charge is 3.01. The summed E-state index contributed by atoms with van der Waals surface area (Å²) < 4.78 is 153. The third-order valence-electron chi connectivity index (χ3n) is 5.84. The molecule has 1 aliphatic carbocycles. The molecule has 0 amide bonds. The number of benzene rings is 1. The number of alkyl halides is 11. The van der Waals surface area contributed by atoms with E-state index in [4.69, 9.17) is 0 Å². The second-order valence-electron chi connectivity index (χ2n) is 8.02. The van der Waals surface area contributed by atoms with E-state index in [0.29, 0.717) is 13.3 Å². The number of aliphatic hydroxyl groups is 1. The van der Waals surface area contributed by atoms with Gasteiger partial charge in [-0.25, -0.2) is 4.39 Å². The van der Waals surface area contributed by atoms with E-state index in [1.807, 2.05) is 0 Å². The van der Waals surface area contributed by atoms with Crippen LogP contribution >= 0.6 is 0 Å². The topological polar surface area (TPSA) is 20.2 Å². The van der Waals surface area contributed by atoms with Crippen LogP contribution in [0, 0.1) is 0 Å². The normalized spacial score (nSPS) is 27.8. The molecule has 0 bridgehead atoms. The van der Waals surface area contributed by atoms with Crippen molar-refractivity contribution in [3.05, 3.63) is 35.4 Å². The molecule has 2 rings (SSSR count). The Balaban J connectivity index is 2.74. The van der Waals surface area contributed by atoms with Gasteiger partial charge in [0.15, 0.2) is 0 Å². The molecule has 2 atom stereocenters. The molecule has 0 heterocycles. The van der Waals surface area contributed by atoms with E-state index in [2.05, 4.69) is 0 Å². The minimum absolute atomic E-state index is 0.116. The van der Waals surface area contributed by atoms with Crippen LogP contribution in [0.5, 0.6) is 0 Å². The fourth-order valence-corrected chi connectivity index (χ4v) is 3.72. The lowest BCUT2D eigenvalue weighted by Crippen LogP contribution is -2.84. The quantitative estimate of drug-likeness (QED) is 0.473. The Kier molecular flexibility index (Phi) is 5.76. The van der Waals surface area contributed by atoms with Crippen LogP contribution in [0.3, 0.4) is 0 Å². The number of rotatable bonds is 5. The maximum atomic E-state index is 15.1. The lowest BCUT2D eigenvalue weighted by Gasteiger charge is -2.53. The average molecular weight is 472 g/mol. The third-order valence-corrected chi connectivity index (χ3v) is 5.84. The van der Waals surface area contributed by atoms with Gasteiger partial charge in [-0.1, -0.05) is 38.1 Å². The molecule has 1 aromatic rings. The molecule has 1 aromatic carbocycles. The Morgan fingerprint density at radius 1 is 0.774 bits per heavy atom. The molecule has 0 spiro atoms. The van der Waals surface area contributed by atoms with Crippen LogP contribution in [0.2, 0.25) is 0 Å². The molecule has 12 heteroatoms. The maximum absolute atomic E-state index is 15.1. The summed E-state index contributed by atoms with van der Waals surface area (Å²) in [6, 6.07) is 4.85. The number of hydrogen-bond acceptors (Lipinski definition) is 1. The Morgan fingerprint density at radius 2 is 1.16 bits per heavy atom. The van der Waals surface area contributed by atoms with Gasteiger partial charge >= 0.3 is 29.6 Å². The van der Waals surface area contributed by atoms with Crippen molar-refractivity contribution in [1.82, 2.24) is 0 Å². The first-order chi connectivity index (χ1) is 13.7. The highest BCUT2D eigenvalue weighted by atomic mass is 19.4. The van der Waals surface area contributed by atoms with E-state index in [9.17, 15) is 49.0 Å². The Hall–Kier alpha value is -1.59. The lowest BCUT2D eigenvalue weighted by molar-refractivity contribution is -0.488. The van der Waals surface area contributed by atoms with Crippen molar-refractivity contribution in [3.63, 3.8) is 0 Å². The monoisotopic (exact) mass is 472 g/mol. The largest absolute Gasteiger partial charge is 0.385 e. The van der Waals surface area contributed by atoms with Gasteiger partial charge in [0, 0.05) is 6.42 Å². The predicted octanol–water partition coefficient (Wildman–Crippen LogP) is 6.70. The molecule has 1 N–H and O–H groups in total. The molecule has 1 fully saturated rings. The molecule has 0 aliphatic heterocycles. The average Bonchev–Trinajstić information content (AvgIpc) is 2.65. The summed E-state index contributed by atoms with van der Waals surface area (Å²) in [6.45, 7) is 3.66. The van der Waals surface area contributed by atoms with Crippen LogP contribution in [-0.2, 0) is 5.60 Å². The van der Waals surface area contributed by atoms with Crippen molar-refractivity contribution >= 4 is 0 Å². The first kappa shape index (κ1) is 25.7. The Bertz CT molecular complexity index is 802. The molecule has 2 unspecified atom stereocenters. The van der Waals surface area contributed by atoms with Crippen molar-refractivity contribution in [2.45, 2.75) is 80.4 Å². The van der Waals surface area contributed by atoms with Gasteiger partial charge in [0.25, 0.3) is 5.67 Å². The second-order valence-corrected chi connectivity index (χ2v) is 8.02. The van der Waals surface area contributed by atoms with Gasteiger partial charge in [-0.15, -0.1) is 0 Å². The molecule has 1 aliphatic rings. The smallest absolute Gasteiger partial charge is 0.384 e. The Morgan fingerprint density at radius 3 is 1.58 bits per heavy atom. The summed E-state index contributed by atoms with van der Waals surface area (Å²) >= 11 is 0. The first-order valence-corrected chi connectivity index (χ1v) is 9.07.